The van der Waals surface area contributed by atoms with E-state index in [4.69, 9.17) is 9.84 Å². The molecule has 0 N–H and O–H groups in total. The van der Waals surface area contributed by atoms with Crippen molar-refractivity contribution >= 4 is 33.4 Å². The first kappa shape index (κ1) is 25.3. The van der Waals surface area contributed by atoms with Gasteiger partial charge in [0.2, 0.25) is 0 Å². The molecule has 5 aromatic rings. The maximum absolute atomic E-state index is 14.3. The minimum absolute atomic E-state index is 0.243. The van der Waals surface area contributed by atoms with E-state index in [1.54, 1.807) is 36.3 Å². The third-order valence-corrected chi connectivity index (χ3v) is 7.02. The highest BCUT2D eigenvalue weighted by molar-refractivity contribution is 6.20. The molecule has 38 heavy (non-hydrogen) atoms. The van der Waals surface area contributed by atoms with E-state index in [-0.39, 0.29) is 17.2 Å². The summed E-state index contributed by atoms with van der Waals surface area (Å²) < 4.78 is 8.46. The predicted octanol–water partition coefficient (Wildman–Crippen LogP) is 6.07. The average molecular weight is 509 g/mol. The van der Waals surface area contributed by atoms with Crippen LogP contribution in [0.2, 0.25) is 0 Å². The molecule has 0 radical (unpaired) electrons. The lowest BCUT2D eigenvalue weighted by molar-refractivity contribution is 0.0982. The first-order valence-electron chi connectivity index (χ1n) is 12.9. The molecule has 2 aromatic heterocycles. The van der Waals surface area contributed by atoms with Crippen LogP contribution in [0.3, 0.4) is 0 Å². The zero-order valence-electron chi connectivity index (χ0n) is 22.4. The average Bonchev–Trinajstić information content (AvgIpc) is 3.25. The molecule has 0 atom stereocenters. The number of ether oxygens (including phenoxy) is 1. The quantitative estimate of drug-likeness (QED) is 0.268. The highest BCUT2D eigenvalue weighted by Crippen LogP contribution is 2.30. The van der Waals surface area contributed by atoms with Crippen LogP contribution in [0.4, 0.5) is 5.69 Å². The molecule has 0 aliphatic rings. The minimum atomic E-state index is -0.288. The molecule has 0 saturated carbocycles. The Kier molecular flexibility index (Phi) is 6.76. The van der Waals surface area contributed by atoms with Crippen LogP contribution in [0.1, 0.15) is 49.2 Å². The number of hydrogen-bond acceptors (Lipinski definition) is 4. The summed E-state index contributed by atoms with van der Waals surface area (Å²) in [5.74, 6) is 0.819. The number of anilines is 1. The van der Waals surface area contributed by atoms with Gasteiger partial charge in [0, 0.05) is 35.6 Å². The van der Waals surface area contributed by atoms with Crippen LogP contribution in [0.25, 0.3) is 27.5 Å². The normalized spacial score (nSPS) is 11.4. The maximum atomic E-state index is 14.3. The van der Waals surface area contributed by atoms with Gasteiger partial charge in [0.1, 0.15) is 11.3 Å². The molecule has 0 bridgehead atoms. The molecule has 0 saturated heterocycles. The van der Waals surface area contributed by atoms with E-state index in [2.05, 4.69) is 26.0 Å². The summed E-state index contributed by atoms with van der Waals surface area (Å²) in [7, 11) is 3.45. The van der Waals surface area contributed by atoms with E-state index in [0.717, 1.165) is 23.0 Å². The fourth-order valence-electron chi connectivity index (χ4n) is 4.97. The van der Waals surface area contributed by atoms with Gasteiger partial charge in [-0.3, -0.25) is 9.59 Å². The molecule has 7 heteroatoms. The molecule has 194 valence electrons. The lowest BCUT2D eigenvalue weighted by Gasteiger charge is -2.23. The van der Waals surface area contributed by atoms with Crippen LogP contribution in [0.5, 0.6) is 5.75 Å². The number of amides is 1. The lowest BCUT2D eigenvalue weighted by atomic mass is 10.0. The number of rotatable bonds is 7. The zero-order valence-corrected chi connectivity index (χ0v) is 22.4. The number of fused-ring (bicyclic) bond motifs is 3. The van der Waals surface area contributed by atoms with E-state index in [1.165, 1.54) is 10.2 Å². The van der Waals surface area contributed by atoms with Gasteiger partial charge >= 0.3 is 0 Å². The number of aromatic nitrogens is 3. The van der Waals surface area contributed by atoms with Gasteiger partial charge in [-0.1, -0.05) is 51.1 Å². The Morgan fingerprint density at radius 1 is 1.00 bits per heavy atom. The van der Waals surface area contributed by atoms with E-state index < -0.39 is 0 Å². The fourth-order valence-corrected chi connectivity index (χ4v) is 4.97. The molecule has 0 fully saturated rings. The molecule has 2 heterocycles. The Bertz CT molecular complexity index is 1680. The van der Waals surface area contributed by atoms with Gasteiger partial charge in [-0.25, -0.2) is 0 Å². The second kappa shape index (κ2) is 10.2. The van der Waals surface area contributed by atoms with Crippen molar-refractivity contribution in [2.24, 2.45) is 7.05 Å². The van der Waals surface area contributed by atoms with Gasteiger partial charge in [0.15, 0.2) is 5.69 Å². The van der Waals surface area contributed by atoms with Gasteiger partial charge in [-0.05, 0) is 60.4 Å². The number of carbonyl (C=O) groups is 1. The Morgan fingerprint density at radius 3 is 2.32 bits per heavy atom. The zero-order chi connectivity index (χ0) is 27.0. The topological polar surface area (TPSA) is 69.4 Å². The van der Waals surface area contributed by atoms with E-state index in [1.807, 2.05) is 54.9 Å². The maximum Gasteiger partial charge on any atom is 0.296 e. The number of aryl methyl sites for hydroxylation is 1. The van der Waals surface area contributed by atoms with Crippen LogP contribution in [-0.2, 0) is 7.05 Å². The molecule has 0 aliphatic carbocycles. The van der Waals surface area contributed by atoms with E-state index in [0.29, 0.717) is 34.8 Å². The molecule has 5 rings (SSSR count). The number of nitrogens with zero attached hydrogens (tertiary/aromatic N) is 4. The van der Waals surface area contributed by atoms with Gasteiger partial charge in [-0.2, -0.15) is 9.78 Å². The van der Waals surface area contributed by atoms with E-state index in [9.17, 15) is 9.59 Å². The highest BCUT2D eigenvalue weighted by atomic mass is 16.5. The first-order chi connectivity index (χ1) is 18.3. The summed E-state index contributed by atoms with van der Waals surface area (Å²) in [6.07, 6.45) is 0.772. The second-order valence-electron chi connectivity index (χ2n) is 9.77. The van der Waals surface area contributed by atoms with Crippen molar-refractivity contribution in [2.45, 2.75) is 33.1 Å². The lowest BCUT2D eigenvalue weighted by Crippen LogP contribution is -2.35. The van der Waals surface area contributed by atoms with Crippen LogP contribution < -0.4 is 15.2 Å². The van der Waals surface area contributed by atoms with Crippen molar-refractivity contribution in [2.75, 3.05) is 18.6 Å². The summed E-state index contributed by atoms with van der Waals surface area (Å²) in [5, 5.41) is 6.12. The number of carbonyl (C=O) groups excluding carboxylic acids is 1. The predicted molar refractivity (Wildman–Crippen MR) is 153 cm³/mol. The number of benzene rings is 3. The molecular weight excluding hydrogens is 476 g/mol. The SMILES string of the molecule is CCCN(C(=O)c1nn(-c2ccc(OC)cc2)c(=O)c2c1c1ccccc1n2C)c1ccc(C(C)C)cc1. The van der Waals surface area contributed by atoms with Crippen LogP contribution in [0.15, 0.2) is 77.6 Å². The first-order valence-corrected chi connectivity index (χ1v) is 12.9. The van der Waals surface area contributed by atoms with Gasteiger partial charge in [0.25, 0.3) is 11.5 Å². The largest absolute Gasteiger partial charge is 0.497 e. The summed E-state index contributed by atoms with van der Waals surface area (Å²) in [6, 6.07) is 22.9. The monoisotopic (exact) mass is 508 g/mol. The molecule has 7 nitrogen and oxygen atoms in total. The summed E-state index contributed by atoms with van der Waals surface area (Å²) in [4.78, 5) is 29.9. The van der Waals surface area contributed by atoms with Gasteiger partial charge in [0.05, 0.1) is 12.8 Å². The van der Waals surface area contributed by atoms with Crippen LogP contribution >= 0.6 is 0 Å². The molecule has 0 aliphatic heterocycles. The molecule has 3 aromatic carbocycles. The number of hydrogen-bond donors (Lipinski definition) is 0. The van der Waals surface area contributed by atoms with Crippen molar-refractivity contribution in [3.8, 4) is 11.4 Å². The summed E-state index contributed by atoms with van der Waals surface area (Å²) in [5.41, 5.74) is 3.83. The van der Waals surface area contributed by atoms with Gasteiger partial charge < -0.3 is 14.2 Å². The van der Waals surface area contributed by atoms with Crippen molar-refractivity contribution < 1.29 is 9.53 Å². The molecule has 0 unspecified atom stereocenters. The third-order valence-electron chi connectivity index (χ3n) is 7.02. The number of methoxy groups -OCH3 is 1. The Hall–Kier alpha value is -4.39. The minimum Gasteiger partial charge on any atom is -0.497 e. The van der Waals surface area contributed by atoms with Crippen molar-refractivity contribution in [1.82, 2.24) is 14.3 Å². The smallest absolute Gasteiger partial charge is 0.296 e. The third kappa shape index (κ3) is 4.24. The number of para-hydroxylation sites is 1. The fraction of sp³-hybridized carbons (Fsp3) is 0.258. The van der Waals surface area contributed by atoms with Crippen molar-refractivity contribution in [3.63, 3.8) is 0 Å². The molecular formula is C31H32N4O3. The van der Waals surface area contributed by atoms with Crippen molar-refractivity contribution in [3.05, 3.63) is 94.4 Å². The molecule has 1 amide bonds. The summed E-state index contributed by atoms with van der Waals surface area (Å²) in [6.45, 7) is 6.86. The highest BCUT2D eigenvalue weighted by Gasteiger charge is 2.27. The molecule has 0 spiro atoms. The Labute approximate surface area is 221 Å². The Morgan fingerprint density at radius 2 is 1.68 bits per heavy atom. The second-order valence-corrected chi connectivity index (χ2v) is 9.77. The van der Waals surface area contributed by atoms with Gasteiger partial charge in [-0.15, -0.1) is 0 Å². The standard InChI is InChI=1S/C31H32N4O3/c1-6-19-34(22-13-11-21(12-14-22)20(2)3)30(36)28-27-25-9-7-8-10-26(25)33(4)29(27)31(37)35(32-28)23-15-17-24(38-5)18-16-23/h7-18,20H,6,19H2,1-5H3. The van der Waals surface area contributed by atoms with Crippen LogP contribution in [0, 0.1) is 0 Å². The van der Waals surface area contributed by atoms with Crippen LogP contribution in [-0.4, -0.2) is 33.9 Å². The van der Waals surface area contributed by atoms with Crippen molar-refractivity contribution in [1.29, 1.82) is 0 Å². The van der Waals surface area contributed by atoms with E-state index >= 15 is 0 Å². The Balaban J connectivity index is 1.77. The summed E-state index contributed by atoms with van der Waals surface area (Å²) >= 11 is 0.